The van der Waals surface area contributed by atoms with E-state index < -0.39 is 17.7 Å². The maximum atomic E-state index is 13.1. The highest BCUT2D eigenvalue weighted by molar-refractivity contribution is 5.86. The van der Waals surface area contributed by atoms with Crippen LogP contribution in [-0.4, -0.2) is 43.2 Å². The predicted molar refractivity (Wildman–Crippen MR) is 113 cm³/mol. The molecule has 0 aliphatic carbocycles. The van der Waals surface area contributed by atoms with Crippen molar-refractivity contribution in [1.82, 2.24) is 10.2 Å². The molecular weight excluding hydrogens is 368 g/mol. The lowest BCUT2D eigenvalue weighted by molar-refractivity contribution is -0.132. The summed E-state index contributed by atoms with van der Waals surface area (Å²) in [6, 6.07) is 16.1. The zero-order valence-corrected chi connectivity index (χ0v) is 17.8. The first kappa shape index (κ1) is 22.3. The summed E-state index contributed by atoms with van der Waals surface area (Å²) in [7, 11) is 3.36. The van der Waals surface area contributed by atoms with Crippen molar-refractivity contribution in [2.45, 2.75) is 38.8 Å². The van der Waals surface area contributed by atoms with E-state index in [0.29, 0.717) is 18.5 Å². The van der Waals surface area contributed by atoms with Crippen LogP contribution in [0.1, 0.15) is 37.9 Å². The van der Waals surface area contributed by atoms with Crippen molar-refractivity contribution in [2.24, 2.45) is 0 Å². The average Bonchev–Trinajstić information content (AvgIpc) is 2.69. The van der Waals surface area contributed by atoms with E-state index >= 15 is 0 Å². The van der Waals surface area contributed by atoms with Crippen LogP contribution >= 0.6 is 0 Å². The van der Waals surface area contributed by atoms with Gasteiger partial charge < -0.3 is 19.7 Å². The minimum Gasteiger partial charge on any atom is -0.497 e. The van der Waals surface area contributed by atoms with Crippen molar-refractivity contribution in [3.8, 4) is 5.75 Å². The van der Waals surface area contributed by atoms with E-state index in [9.17, 15) is 9.59 Å². The van der Waals surface area contributed by atoms with Gasteiger partial charge in [0.05, 0.1) is 7.11 Å². The lowest BCUT2D eigenvalue weighted by Crippen LogP contribution is -2.43. The summed E-state index contributed by atoms with van der Waals surface area (Å²) in [5.41, 5.74) is 1.16. The first-order chi connectivity index (χ1) is 13.7. The van der Waals surface area contributed by atoms with Gasteiger partial charge >= 0.3 is 6.09 Å². The maximum Gasteiger partial charge on any atom is 0.408 e. The van der Waals surface area contributed by atoms with E-state index in [0.717, 1.165) is 11.3 Å². The van der Waals surface area contributed by atoms with E-state index in [1.54, 1.807) is 39.8 Å². The number of alkyl carbamates (subject to hydrolysis) is 1. The minimum absolute atomic E-state index is 0.199. The number of carbonyl (C=O) groups is 2. The van der Waals surface area contributed by atoms with Gasteiger partial charge in [-0.2, -0.15) is 0 Å². The van der Waals surface area contributed by atoms with Crippen molar-refractivity contribution in [3.05, 3.63) is 65.7 Å². The Bertz CT molecular complexity index is 798. The Morgan fingerprint density at radius 3 is 2.21 bits per heavy atom. The predicted octanol–water partition coefficient (Wildman–Crippen LogP) is 3.96. The molecule has 0 spiro atoms. The molecule has 0 aliphatic rings. The van der Waals surface area contributed by atoms with Gasteiger partial charge in [-0.3, -0.25) is 4.79 Å². The minimum atomic E-state index is -0.813. The number of rotatable bonds is 7. The molecule has 2 aromatic carbocycles. The summed E-state index contributed by atoms with van der Waals surface area (Å²) in [5, 5.41) is 2.71. The molecule has 0 aromatic heterocycles. The van der Waals surface area contributed by atoms with Crippen LogP contribution in [0.25, 0.3) is 0 Å². The molecule has 1 N–H and O–H groups in total. The van der Waals surface area contributed by atoms with Crippen LogP contribution in [0.15, 0.2) is 54.6 Å². The summed E-state index contributed by atoms with van der Waals surface area (Å²) >= 11 is 0. The molecular formula is C23H30N2O4. The molecule has 0 bridgehead atoms. The number of nitrogens with one attached hydrogen (secondary N) is 1. The van der Waals surface area contributed by atoms with Crippen molar-refractivity contribution in [3.63, 3.8) is 0 Å². The Morgan fingerprint density at radius 2 is 1.66 bits per heavy atom. The van der Waals surface area contributed by atoms with Crippen LogP contribution in [-0.2, 0) is 16.0 Å². The number of likely N-dealkylation sites (N-methyl/N-ethyl adjacent to an activating group) is 1. The van der Waals surface area contributed by atoms with Crippen LogP contribution in [0.4, 0.5) is 4.79 Å². The van der Waals surface area contributed by atoms with E-state index in [-0.39, 0.29) is 5.91 Å². The van der Waals surface area contributed by atoms with Crippen molar-refractivity contribution in [2.75, 3.05) is 20.7 Å². The monoisotopic (exact) mass is 398 g/mol. The maximum absolute atomic E-state index is 13.1. The summed E-state index contributed by atoms with van der Waals surface area (Å²) < 4.78 is 10.5. The van der Waals surface area contributed by atoms with Crippen molar-refractivity contribution in [1.29, 1.82) is 0 Å². The largest absolute Gasteiger partial charge is 0.497 e. The third-order valence-corrected chi connectivity index (χ3v) is 4.31. The van der Waals surface area contributed by atoms with Gasteiger partial charge in [-0.1, -0.05) is 42.5 Å². The number of ether oxygens (including phenoxy) is 2. The van der Waals surface area contributed by atoms with E-state index in [1.165, 1.54) is 0 Å². The second-order valence-electron chi connectivity index (χ2n) is 7.85. The fraction of sp³-hybridized carbons (Fsp3) is 0.391. The van der Waals surface area contributed by atoms with Gasteiger partial charge in [0.25, 0.3) is 0 Å². The molecule has 1 unspecified atom stereocenters. The molecule has 0 aliphatic heterocycles. The Labute approximate surface area is 172 Å². The number of methoxy groups -OCH3 is 1. The number of amides is 2. The second-order valence-corrected chi connectivity index (χ2v) is 7.85. The Kier molecular flexibility index (Phi) is 7.65. The third kappa shape index (κ3) is 7.14. The normalized spacial score (nSPS) is 12.0. The standard InChI is InChI=1S/C23H30N2O4/c1-23(2,3)29-22(27)24-20(18-9-7-6-8-10-18)21(26)25(4)16-15-17-11-13-19(28-5)14-12-17/h6-14,20H,15-16H2,1-5H3,(H,24,27). The fourth-order valence-electron chi connectivity index (χ4n) is 2.78. The molecule has 6 nitrogen and oxygen atoms in total. The highest BCUT2D eigenvalue weighted by atomic mass is 16.6. The van der Waals surface area contributed by atoms with Gasteiger partial charge in [0.15, 0.2) is 0 Å². The molecule has 0 saturated heterocycles. The van der Waals surface area contributed by atoms with Crippen molar-refractivity contribution < 1.29 is 19.1 Å². The molecule has 6 heteroatoms. The quantitative estimate of drug-likeness (QED) is 0.767. The molecule has 29 heavy (non-hydrogen) atoms. The number of hydrogen-bond acceptors (Lipinski definition) is 4. The molecule has 0 heterocycles. The highest BCUT2D eigenvalue weighted by Crippen LogP contribution is 2.18. The highest BCUT2D eigenvalue weighted by Gasteiger charge is 2.27. The lowest BCUT2D eigenvalue weighted by Gasteiger charge is -2.27. The summed E-state index contributed by atoms with van der Waals surface area (Å²) in [5.74, 6) is 0.597. The third-order valence-electron chi connectivity index (χ3n) is 4.31. The van der Waals surface area contributed by atoms with Gasteiger partial charge in [0.2, 0.25) is 5.91 Å². The number of nitrogens with zero attached hydrogens (tertiary/aromatic N) is 1. The number of hydrogen-bond donors (Lipinski definition) is 1. The SMILES string of the molecule is COc1ccc(CCN(C)C(=O)C(NC(=O)OC(C)(C)C)c2ccccc2)cc1. The van der Waals surface area contributed by atoms with Gasteiger partial charge in [-0.05, 0) is 50.5 Å². The van der Waals surface area contributed by atoms with E-state index in [2.05, 4.69) is 5.32 Å². The van der Waals surface area contributed by atoms with Crippen LogP contribution in [0.5, 0.6) is 5.75 Å². The molecule has 2 amide bonds. The van der Waals surface area contributed by atoms with Crippen molar-refractivity contribution >= 4 is 12.0 Å². The molecule has 0 radical (unpaired) electrons. The fourth-order valence-corrected chi connectivity index (χ4v) is 2.78. The topological polar surface area (TPSA) is 67.9 Å². The Hall–Kier alpha value is -3.02. The molecule has 0 saturated carbocycles. The van der Waals surface area contributed by atoms with Crippen LogP contribution in [0.3, 0.4) is 0 Å². The first-order valence-electron chi connectivity index (χ1n) is 9.62. The zero-order valence-electron chi connectivity index (χ0n) is 17.8. The van der Waals surface area contributed by atoms with E-state index in [1.807, 2.05) is 54.6 Å². The molecule has 2 aromatic rings. The summed E-state index contributed by atoms with van der Waals surface area (Å²) in [4.78, 5) is 27.0. The van der Waals surface area contributed by atoms with Gasteiger partial charge in [-0.25, -0.2) is 4.79 Å². The van der Waals surface area contributed by atoms with Crippen LogP contribution < -0.4 is 10.1 Å². The average molecular weight is 399 g/mol. The Morgan fingerprint density at radius 1 is 1.03 bits per heavy atom. The van der Waals surface area contributed by atoms with Crippen LogP contribution in [0.2, 0.25) is 0 Å². The van der Waals surface area contributed by atoms with Gasteiger partial charge in [0, 0.05) is 13.6 Å². The molecule has 1 atom stereocenters. The molecule has 0 fully saturated rings. The van der Waals surface area contributed by atoms with Gasteiger partial charge in [0.1, 0.15) is 17.4 Å². The second kappa shape index (κ2) is 9.96. The zero-order chi connectivity index (χ0) is 21.4. The summed E-state index contributed by atoms with van der Waals surface area (Å²) in [6.07, 6.45) is 0.0726. The lowest BCUT2D eigenvalue weighted by atomic mass is 10.1. The first-order valence-corrected chi connectivity index (χ1v) is 9.62. The Balaban J connectivity index is 2.07. The number of benzene rings is 2. The molecule has 2 rings (SSSR count). The van der Waals surface area contributed by atoms with Crippen LogP contribution in [0, 0.1) is 0 Å². The summed E-state index contributed by atoms with van der Waals surface area (Å²) in [6.45, 7) is 5.87. The van der Waals surface area contributed by atoms with E-state index in [4.69, 9.17) is 9.47 Å². The smallest absolute Gasteiger partial charge is 0.408 e. The molecule has 156 valence electrons. The van der Waals surface area contributed by atoms with Gasteiger partial charge in [-0.15, -0.1) is 0 Å². The number of carbonyl (C=O) groups excluding carboxylic acids is 2.